The summed E-state index contributed by atoms with van der Waals surface area (Å²) in [6.45, 7) is 8.65. The fourth-order valence-corrected chi connectivity index (χ4v) is 3.46. The van der Waals surface area contributed by atoms with E-state index >= 15 is 0 Å². The van der Waals surface area contributed by atoms with Crippen molar-refractivity contribution in [1.29, 1.82) is 0 Å². The second-order valence-electron chi connectivity index (χ2n) is 7.38. The van der Waals surface area contributed by atoms with Crippen LogP contribution in [-0.4, -0.2) is 56.2 Å². The summed E-state index contributed by atoms with van der Waals surface area (Å²) in [4.78, 5) is 4.92. The molecule has 2 aromatic rings. The molecular weight excluding hydrogens is 355 g/mol. The minimum Gasteiger partial charge on any atom is -0.490 e. The first kappa shape index (κ1) is 20.6. The molecule has 1 saturated heterocycles. The van der Waals surface area contributed by atoms with E-state index in [4.69, 9.17) is 9.47 Å². The number of hydrogen-bond donors (Lipinski definition) is 0. The van der Waals surface area contributed by atoms with E-state index in [1.807, 2.05) is 19.1 Å². The van der Waals surface area contributed by atoms with Crippen molar-refractivity contribution in [2.24, 2.45) is 0 Å². The van der Waals surface area contributed by atoms with Crippen molar-refractivity contribution < 1.29 is 13.9 Å². The van der Waals surface area contributed by atoms with Crippen LogP contribution in [0.4, 0.5) is 4.39 Å². The molecule has 3 rings (SSSR count). The van der Waals surface area contributed by atoms with Gasteiger partial charge in [0.05, 0.1) is 6.61 Å². The molecular formula is C23H31FN2O2. The van der Waals surface area contributed by atoms with Crippen LogP contribution in [0.2, 0.25) is 0 Å². The quantitative estimate of drug-likeness (QED) is 0.651. The van der Waals surface area contributed by atoms with Gasteiger partial charge in [0, 0.05) is 26.2 Å². The Hall–Kier alpha value is -2.11. The Kier molecular flexibility index (Phi) is 7.69. The molecule has 0 atom stereocenters. The molecule has 1 fully saturated rings. The topological polar surface area (TPSA) is 24.9 Å². The summed E-state index contributed by atoms with van der Waals surface area (Å²) < 4.78 is 25.0. The molecule has 5 heteroatoms. The van der Waals surface area contributed by atoms with Crippen LogP contribution < -0.4 is 9.47 Å². The molecule has 0 saturated carbocycles. The smallest absolute Gasteiger partial charge is 0.161 e. The van der Waals surface area contributed by atoms with Crippen molar-refractivity contribution in [2.75, 3.05) is 46.4 Å². The summed E-state index contributed by atoms with van der Waals surface area (Å²) >= 11 is 0. The average molecular weight is 387 g/mol. The number of piperazine rings is 1. The van der Waals surface area contributed by atoms with E-state index in [0.717, 1.165) is 56.9 Å². The number of nitrogens with zero attached hydrogens (tertiary/aromatic N) is 2. The zero-order chi connectivity index (χ0) is 19.8. The van der Waals surface area contributed by atoms with Crippen molar-refractivity contribution in [3.63, 3.8) is 0 Å². The van der Waals surface area contributed by atoms with Crippen molar-refractivity contribution in [2.45, 2.75) is 26.4 Å². The van der Waals surface area contributed by atoms with Gasteiger partial charge in [0.25, 0.3) is 0 Å². The summed E-state index contributed by atoms with van der Waals surface area (Å²) in [7, 11) is 2.19. The molecule has 0 radical (unpaired) electrons. The molecule has 0 spiro atoms. The molecule has 28 heavy (non-hydrogen) atoms. The van der Waals surface area contributed by atoms with E-state index in [9.17, 15) is 4.39 Å². The van der Waals surface area contributed by atoms with Gasteiger partial charge in [-0.1, -0.05) is 18.2 Å². The van der Waals surface area contributed by atoms with Crippen LogP contribution in [0.5, 0.6) is 11.5 Å². The standard InChI is InChI=1S/C23H31FN2O2/c1-3-27-23-17-19(7-5-11-26-14-12-25(2)13-15-26)9-10-22(23)28-18-20-6-4-8-21(24)16-20/h4,6,8-10,16-17H,3,5,7,11-15,18H2,1-2H3. The Morgan fingerprint density at radius 1 is 0.929 bits per heavy atom. The second kappa shape index (κ2) is 10.4. The number of aryl methyl sites for hydroxylation is 1. The minimum atomic E-state index is -0.248. The van der Waals surface area contributed by atoms with E-state index in [0.29, 0.717) is 19.0 Å². The highest BCUT2D eigenvalue weighted by molar-refractivity contribution is 5.43. The Morgan fingerprint density at radius 2 is 1.75 bits per heavy atom. The molecule has 0 amide bonds. The lowest BCUT2D eigenvalue weighted by molar-refractivity contribution is 0.153. The summed E-state index contributed by atoms with van der Waals surface area (Å²) in [6.07, 6.45) is 2.16. The fraction of sp³-hybridized carbons (Fsp3) is 0.478. The third-order valence-corrected chi connectivity index (χ3v) is 5.13. The van der Waals surface area contributed by atoms with E-state index in [1.54, 1.807) is 6.07 Å². The molecule has 1 heterocycles. The monoisotopic (exact) mass is 386 g/mol. The maximum Gasteiger partial charge on any atom is 0.161 e. The van der Waals surface area contributed by atoms with E-state index < -0.39 is 0 Å². The SMILES string of the molecule is CCOc1cc(CCCN2CCN(C)CC2)ccc1OCc1cccc(F)c1. The van der Waals surface area contributed by atoms with Gasteiger partial charge in [-0.25, -0.2) is 4.39 Å². The van der Waals surface area contributed by atoms with Gasteiger partial charge in [-0.2, -0.15) is 0 Å². The lowest BCUT2D eigenvalue weighted by Crippen LogP contribution is -2.44. The van der Waals surface area contributed by atoms with Crippen LogP contribution in [0.25, 0.3) is 0 Å². The van der Waals surface area contributed by atoms with Crippen molar-refractivity contribution in [3.8, 4) is 11.5 Å². The summed E-state index contributed by atoms with van der Waals surface area (Å²) in [5.41, 5.74) is 2.06. The van der Waals surface area contributed by atoms with Gasteiger partial charge in [0.1, 0.15) is 12.4 Å². The van der Waals surface area contributed by atoms with Gasteiger partial charge in [0.15, 0.2) is 11.5 Å². The first-order chi connectivity index (χ1) is 13.6. The molecule has 0 unspecified atom stereocenters. The van der Waals surface area contributed by atoms with Gasteiger partial charge in [-0.05, 0) is 68.8 Å². The molecule has 4 nitrogen and oxygen atoms in total. The Balaban J connectivity index is 1.54. The zero-order valence-electron chi connectivity index (χ0n) is 17.0. The lowest BCUT2D eigenvalue weighted by atomic mass is 10.1. The van der Waals surface area contributed by atoms with E-state index in [2.05, 4.69) is 29.0 Å². The van der Waals surface area contributed by atoms with E-state index in [-0.39, 0.29) is 5.82 Å². The molecule has 2 aromatic carbocycles. The summed E-state index contributed by atoms with van der Waals surface area (Å²) in [6, 6.07) is 12.6. The predicted molar refractivity (Wildman–Crippen MR) is 111 cm³/mol. The van der Waals surface area contributed by atoms with Crippen LogP contribution in [0.3, 0.4) is 0 Å². The molecule has 0 aliphatic carbocycles. The van der Waals surface area contributed by atoms with Gasteiger partial charge in [0.2, 0.25) is 0 Å². The number of likely N-dealkylation sites (N-methyl/N-ethyl adjacent to an activating group) is 1. The van der Waals surface area contributed by atoms with Crippen molar-refractivity contribution >= 4 is 0 Å². The van der Waals surface area contributed by atoms with Gasteiger partial charge < -0.3 is 19.3 Å². The van der Waals surface area contributed by atoms with Gasteiger partial charge in [-0.3, -0.25) is 0 Å². The maximum atomic E-state index is 13.3. The highest BCUT2D eigenvalue weighted by Gasteiger charge is 2.13. The normalized spacial score (nSPS) is 15.5. The number of rotatable bonds is 9. The highest BCUT2D eigenvalue weighted by atomic mass is 19.1. The number of hydrogen-bond acceptors (Lipinski definition) is 4. The first-order valence-electron chi connectivity index (χ1n) is 10.2. The summed E-state index contributed by atoms with van der Waals surface area (Å²) in [5, 5.41) is 0. The van der Waals surface area contributed by atoms with Crippen LogP contribution in [0.15, 0.2) is 42.5 Å². The van der Waals surface area contributed by atoms with Crippen molar-refractivity contribution in [1.82, 2.24) is 9.80 Å². The Bertz CT molecular complexity index is 745. The molecule has 0 aromatic heterocycles. The summed E-state index contributed by atoms with van der Waals surface area (Å²) in [5.74, 6) is 1.21. The van der Waals surface area contributed by atoms with Gasteiger partial charge in [-0.15, -0.1) is 0 Å². The average Bonchev–Trinajstić information content (AvgIpc) is 2.69. The Labute approximate surface area is 167 Å². The Morgan fingerprint density at radius 3 is 2.50 bits per heavy atom. The van der Waals surface area contributed by atoms with E-state index in [1.165, 1.54) is 17.7 Å². The number of halogens is 1. The third kappa shape index (κ3) is 6.21. The molecule has 0 bridgehead atoms. The number of ether oxygens (including phenoxy) is 2. The number of benzene rings is 2. The second-order valence-corrected chi connectivity index (χ2v) is 7.38. The minimum absolute atomic E-state index is 0.248. The first-order valence-corrected chi connectivity index (χ1v) is 10.2. The molecule has 1 aliphatic heterocycles. The third-order valence-electron chi connectivity index (χ3n) is 5.13. The predicted octanol–water partition coefficient (Wildman–Crippen LogP) is 3.98. The van der Waals surface area contributed by atoms with Crippen molar-refractivity contribution in [3.05, 3.63) is 59.4 Å². The van der Waals surface area contributed by atoms with Crippen LogP contribution >= 0.6 is 0 Å². The zero-order valence-corrected chi connectivity index (χ0v) is 17.0. The largest absolute Gasteiger partial charge is 0.490 e. The van der Waals surface area contributed by atoms with Crippen LogP contribution in [-0.2, 0) is 13.0 Å². The lowest BCUT2D eigenvalue weighted by Gasteiger charge is -2.32. The molecule has 1 aliphatic rings. The van der Waals surface area contributed by atoms with Crippen LogP contribution in [0.1, 0.15) is 24.5 Å². The fourth-order valence-electron chi connectivity index (χ4n) is 3.46. The molecule has 152 valence electrons. The van der Waals surface area contributed by atoms with Gasteiger partial charge >= 0.3 is 0 Å². The molecule has 0 N–H and O–H groups in total. The van der Waals surface area contributed by atoms with Crippen LogP contribution in [0, 0.1) is 5.82 Å². The highest BCUT2D eigenvalue weighted by Crippen LogP contribution is 2.30. The maximum absolute atomic E-state index is 13.3.